The lowest BCUT2D eigenvalue weighted by Gasteiger charge is -2.33. The summed E-state index contributed by atoms with van der Waals surface area (Å²) < 4.78 is 5.16. The zero-order valence-electron chi connectivity index (χ0n) is 14.4. The van der Waals surface area contributed by atoms with Crippen molar-refractivity contribution in [3.63, 3.8) is 0 Å². The zero-order valence-corrected chi connectivity index (χ0v) is 15.2. The SMILES string of the molecule is CCOC(=O)[C@@H]1CCCN(C(=NC)NCc2sc(C)nc2C)C1. The number of piperidine rings is 1. The van der Waals surface area contributed by atoms with Crippen molar-refractivity contribution in [1.29, 1.82) is 0 Å². The molecule has 0 unspecified atom stereocenters. The van der Waals surface area contributed by atoms with Crippen LogP contribution < -0.4 is 5.32 Å². The lowest BCUT2D eigenvalue weighted by atomic mass is 9.98. The molecule has 1 N–H and O–H groups in total. The van der Waals surface area contributed by atoms with E-state index in [0.717, 1.165) is 36.0 Å². The van der Waals surface area contributed by atoms with E-state index >= 15 is 0 Å². The first kappa shape index (κ1) is 17.7. The van der Waals surface area contributed by atoms with E-state index in [0.29, 0.717) is 19.7 Å². The Kier molecular flexibility index (Phi) is 6.38. The van der Waals surface area contributed by atoms with Crippen molar-refractivity contribution >= 4 is 23.3 Å². The Morgan fingerprint density at radius 2 is 2.30 bits per heavy atom. The first-order valence-corrected chi connectivity index (χ1v) is 8.92. The Balaban J connectivity index is 1.95. The van der Waals surface area contributed by atoms with Gasteiger partial charge in [0.25, 0.3) is 0 Å². The Labute approximate surface area is 142 Å². The standard InChI is InChI=1S/C16H26N4O2S/c1-5-22-15(21)13-7-6-8-20(10-13)16(17-4)18-9-14-11(2)19-12(3)23-14/h13H,5-10H2,1-4H3,(H,17,18)/t13-/m1/s1. The summed E-state index contributed by atoms with van der Waals surface area (Å²) in [4.78, 5) is 24.2. The highest BCUT2D eigenvalue weighted by molar-refractivity contribution is 7.11. The van der Waals surface area contributed by atoms with Gasteiger partial charge in [-0.1, -0.05) is 0 Å². The number of likely N-dealkylation sites (tertiary alicyclic amines) is 1. The fourth-order valence-corrected chi connectivity index (χ4v) is 3.73. The molecule has 1 atom stereocenters. The minimum Gasteiger partial charge on any atom is -0.466 e. The van der Waals surface area contributed by atoms with E-state index in [1.165, 1.54) is 4.88 Å². The van der Waals surface area contributed by atoms with Gasteiger partial charge in [0.05, 0.1) is 29.8 Å². The molecule has 1 saturated heterocycles. The van der Waals surface area contributed by atoms with E-state index in [1.54, 1.807) is 18.4 Å². The van der Waals surface area contributed by atoms with Gasteiger partial charge in [-0.2, -0.15) is 0 Å². The third-order valence-corrected chi connectivity index (χ3v) is 5.03. The van der Waals surface area contributed by atoms with E-state index in [1.807, 2.05) is 20.8 Å². The van der Waals surface area contributed by atoms with Crippen LogP contribution in [0.25, 0.3) is 0 Å². The number of aliphatic imine (C=N–C) groups is 1. The second-order valence-electron chi connectivity index (χ2n) is 5.68. The van der Waals surface area contributed by atoms with Gasteiger partial charge in [-0.3, -0.25) is 9.79 Å². The zero-order chi connectivity index (χ0) is 16.8. The molecule has 1 aliphatic heterocycles. The van der Waals surface area contributed by atoms with Crippen LogP contribution in [0.15, 0.2) is 4.99 Å². The van der Waals surface area contributed by atoms with Crippen LogP contribution in [0.2, 0.25) is 0 Å². The number of hydrogen-bond donors (Lipinski definition) is 1. The number of hydrogen-bond acceptors (Lipinski definition) is 5. The van der Waals surface area contributed by atoms with Gasteiger partial charge < -0.3 is 15.0 Å². The molecule has 2 heterocycles. The highest BCUT2D eigenvalue weighted by Crippen LogP contribution is 2.19. The van der Waals surface area contributed by atoms with Crippen molar-refractivity contribution in [3.05, 3.63) is 15.6 Å². The van der Waals surface area contributed by atoms with Crippen LogP contribution in [-0.2, 0) is 16.1 Å². The van der Waals surface area contributed by atoms with Gasteiger partial charge in [0, 0.05) is 25.0 Å². The van der Waals surface area contributed by atoms with Gasteiger partial charge in [0.1, 0.15) is 0 Å². The molecule has 1 aliphatic rings. The molecular formula is C16H26N4O2S. The molecule has 0 bridgehead atoms. The predicted molar refractivity (Wildman–Crippen MR) is 92.7 cm³/mol. The molecule has 1 aromatic rings. The minimum atomic E-state index is -0.0958. The molecule has 0 aliphatic carbocycles. The highest BCUT2D eigenvalue weighted by atomic mass is 32.1. The summed E-state index contributed by atoms with van der Waals surface area (Å²) in [5.41, 5.74) is 1.07. The Morgan fingerprint density at radius 1 is 1.52 bits per heavy atom. The number of thiazole rings is 1. The van der Waals surface area contributed by atoms with Crippen molar-refractivity contribution in [3.8, 4) is 0 Å². The van der Waals surface area contributed by atoms with Crippen molar-refractivity contribution in [2.24, 2.45) is 10.9 Å². The minimum absolute atomic E-state index is 0.0605. The van der Waals surface area contributed by atoms with Crippen LogP contribution in [0.4, 0.5) is 0 Å². The van der Waals surface area contributed by atoms with Crippen molar-refractivity contribution < 1.29 is 9.53 Å². The maximum Gasteiger partial charge on any atom is 0.310 e. The van der Waals surface area contributed by atoms with E-state index in [4.69, 9.17) is 4.74 Å². The lowest BCUT2D eigenvalue weighted by molar-refractivity contribution is -0.149. The van der Waals surface area contributed by atoms with Crippen molar-refractivity contribution in [2.75, 3.05) is 26.7 Å². The smallest absolute Gasteiger partial charge is 0.310 e. The molecule has 7 heteroatoms. The molecule has 128 valence electrons. The van der Waals surface area contributed by atoms with Crippen LogP contribution >= 0.6 is 11.3 Å². The maximum absolute atomic E-state index is 12.0. The van der Waals surface area contributed by atoms with Crippen molar-refractivity contribution in [1.82, 2.24) is 15.2 Å². The molecule has 0 aromatic carbocycles. The molecule has 6 nitrogen and oxygen atoms in total. The predicted octanol–water partition coefficient (Wildman–Crippen LogP) is 2.11. The lowest BCUT2D eigenvalue weighted by Crippen LogP contribution is -2.48. The Hall–Kier alpha value is -1.63. The monoisotopic (exact) mass is 338 g/mol. The fraction of sp³-hybridized carbons (Fsp3) is 0.688. The number of guanidine groups is 1. The quantitative estimate of drug-likeness (QED) is 0.517. The number of aromatic nitrogens is 1. The van der Waals surface area contributed by atoms with Gasteiger partial charge >= 0.3 is 5.97 Å². The molecular weight excluding hydrogens is 312 g/mol. The number of aryl methyl sites for hydroxylation is 2. The third kappa shape index (κ3) is 4.67. The number of carbonyl (C=O) groups excluding carboxylic acids is 1. The average Bonchev–Trinajstić information content (AvgIpc) is 2.86. The maximum atomic E-state index is 12.0. The molecule has 0 spiro atoms. The topological polar surface area (TPSA) is 66.8 Å². The summed E-state index contributed by atoms with van der Waals surface area (Å²) in [6.45, 7) is 8.62. The van der Waals surface area contributed by atoms with Gasteiger partial charge in [-0.25, -0.2) is 4.98 Å². The van der Waals surface area contributed by atoms with Gasteiger partial charge in [-0.15, -0.1) is 11.3 Å². The fourth-order valence-electron chi connectivity index (χ4n) is 2.85. The number of nitrogens with one attached hydrogen (secondary N) is 1. The van der Waals surface area contributed by atoms with E-state index < -0.39 is 0 Å². The average molecular weight is 338 g/mol. The second kappa shape index (κ2) is 8.29. The number of ether oxygens (including phenoxy) is 1. The Morgan fingerprint density at radius 3 is 2.91 bits per heavy atom. The van der Waals surface area contributed by atoms with Crippen LogP contribution in [-0.4, -0.2) is 48.6 Å². The summed E-state index contributed by atoms with van der Waals surface area (Å²) >= 11 is 1.70. The molecule has 0 amide bonds. The largest absolute Gasteiger partial charge is 0.466 e. The summed E-state index contributed by atoms with van der Waals surface area (Å²) in [5.74, 6) is 0.681. The number of carbonyl (C=O) groups is 1. The molecule has 23 heavy (non-hydrogen) atoms. The van der Waals surface area contributed by atoms with Crippen LogP contribution in [0.5, 0.6) is 0 Å². The first-order chi connectivity index (χ1) is 11.0. The third-order valence-electron chi connectivity index (χ3n) is 3.96. The summed E-state index contributed by atoms with van der Waals surface area (Å²) in [7, 11) is 1.78. The highest BCUT2D eigenvalue weighted by Gasteiger charge is 2.28. The van der Waals surface area contributed by atoms with Gasteiger partial charge in [0.15, 0.2) is 5.96 Å². The van der Waals surface area contributed by atoms with Crippen LogP contribution in [0.3, 0.4) is 0 Å². The number of nitrogens with zero attached hydrogens (tertiary/aromatic N) is 3. The van der Waals surface area contributed by atoms with Crippen LogP contribution in [0, 0.1) is 19.8 Å². The molecule has 2 rings (SSSR count). The van der Waals surface area contributed by atoms with Crippen molar-refractivity contribution in [2.45, 2.75) is 40.2 Å². The van der Waals surface area contributed by atoms with E-state index in [-0.39, 0.29) is 11.9 Å². The van der Waals surface area contributed by atoms with E-state index in [2.05, 4.69) is 20.2 Å². The summed E-state index contributed by atoms with van der Waals surface area (Å²) in [6.07, 6.45) is 1.86. The second-order valence-corrected chi connectivity index (χ2v) is 6.97. The number of esters is 1. The van der Waals surface area contributed by atoms with Gasteiger partial charge in [-0.05, 0) is 33.6 Å². The van der Waals surface area contributed by atoms with Crippen LogP contribution in [0.1, 0.15) is 35.3 Å². The van der Waals surface area contributed by atoms with E-state index in [9.17, 15) is 4.79 Å². The van der Waals surface area contributed by atoms with Gasteiger partial charge in [0.2, 0.25) is 0 Å². The molecule has 0 saturated carbocycles. The number of rotatable bonds is 4. The summed E-state index contributed by atoms with van der Waals surface area (Å²) in [5, 5.41) is 4.47. The molecule has 1 aromatic heterocycles. The Bertz CT molecular complexity index is 570. The first-order valence-electron chi connectivity index (χ1n) is 8.10. The normalized spacial score (nSPS) is 18.9. The molecule has 0 radical (unpaired) electrons. The summed E-state index contributed by atoms with van der Waals surface area (Å²) in [6, 6.07) is 0. The molecule has 1 fully saturated rings.